The Morgan fingerprint density at radius 3 is 2.29 bits per heavy atom. The number of aliphatic hydroxyl groups is 3. The van der Waals surface area contributed by atoms with E-state index in [1.54, 1.807) is 0 Å². The highest BCUT2D eigenvalue weighted by Crippen LogP contribution is 2.35. The average molecular weight is 201 g/mol. The predicted octanol–water partition coefficient (Wildman–Crippen LogP) is -0.673. The molecule has 4 heteroatoms. The van der Waals surface area contributed by atoms with E-state index in [1.165, 1.54) is 0 Å². The van der Waals surface area contributed by atoms with Gasteiger partial charge in [-0.25, -0.2) is 0 Å². The van der Waals surface area contributed by atoms with E-state index >= 15 is 0 Å². The zero-order chi connectivity index (χ0) is 10.1. The Morgan fingerprint density at radius 1 is 1.21 bits per heavy atom. The third kappa shape index (κ3) is 1.93. The van der Waals surface area contributed by atoms with Crippen molar-refractivity contribution in [2.75, 3.05) is 13.2 Å². The number of hydrogen-bond acceptors (Lipinski definition) is 4. The molecule has 0 aromatic carbocycles. The Morgan fingerprint density at radius 2 is 1.79 bits per heavy atom. The van der Waals surface area contributed by atoms with Crippen LogP contribution in [0.2, 0.25) is 0 Å². The quantitative estimate of drug-likeness (QED) is 0.566. The van der Waals surface area contributed by atoms with Crippen molar-refractivity contribution in [2.24, 2.45) is 0 Å². The van der Waals surface area contributed by atoms with Gasteiger partial charge in [-0.2, -0.15) is 0 Å². The largest absolute Gasteiger partial charge is 0.394 e. The zero-order valence-electron chi connectivity index (χ0n) is 8.34. The first-order valence-corrected chi connectivity index (χ1v) is 5.43. The molecular weight excluding hydrogens is 182 g/mol. The third-order valence-corrected chi connectivity index (χ3v) is 3.49. The molecular formula is C10H19NO3. The van der Waals surface area contributed by atoms with Gasteiger partial charge in [0.05, 0.1) is 18.8 Å². The number of fused-ring (bicyclic) bond motifs is 2. The highest BCUT2D eigenvalue weighted by atomic mass is 16.3. The fraction of sp³-hybridized carbons (Fsp3) is 1.00. The van der Waals surface area contributed by atoms with Gasteiger partial charge in [-0.05, 0) is 25.7 Å². The van der Waals surface area contributed by atoms with Gasteiger partial charge in [0.25, 0.3) is 0 Å². The van der Waals surface area contributed by atoms with E-state index in [1.807, 2.05) is 0 Å². The molecule has 3 unspecified atom stereocenters. The summed E-state index contributed by atoms with van der Waals surface area (Å²) in [6, 6.07) is 0.842. The number of piperidine rings is 1. The molecule has 4 nitrogen and oxygen atoms in total. The van der Waals surface area contributed by atoms with Crippen LogP contribution >= 0.6 is 0 Å². The lowest BCUT2D eigenvalue weighted by Gasteiger charge is -2.37. The van der Waals surface area contributed by atoms with E-state index in [0.29, 0.717) is 18.6 Å². The van der Waals surface area contributed by atoms with Crippen LogP contribution in [0.4, 0.5) is 0 Å². The summed E-state index contributed by atoms with van der Waals surface area (Å²) < 4.78 is 0. The Labute approximate surface area is 84.2 Å². The number of aliphatic hydroxyl groups excluding tert-OH is 3. The van der Waals surface area contributed by atoms with Gasteiger partial charge in [0.15, 0.2) is 0 Å². The average Bonchev–Trinajstić information content (AvgIpc) is 2.41. The summed E-state index contributed by atoms with van der Waals surface area (Å²) in [6.07, 6.45) is 3.12. The first-order valence-electron chi connectivity index (χ1n) is 5.43. The maximum Gasteiger partial charge on any atom is 0.0897 e. The van der Waals surface area contributed by atoms with Crippen molar-refractivity contribution >= 4 is 0 Å². The van der Waals surface area contributed by atoms with Crippen LogP contribution in [0.25, 0.3) is 0 Å². The highest BCUT2D eigenvalue weighted by Gasteiger charge is 2.40. The summed E-state index contributed by atoms with van der Waals surface area (Å²) in [6.45, 7) is 0.386. The topological polar surface area (TPSA) is 63.9 Å². The molecule has 0 spiro atoms. The van der Waals surface area contributed by atoms with Crippen LogP contribution in [0.5, 0.6) is 0 Å². The Bertz CT molecular complexity index is 186. The summed E-state index contributed by atoms with van der Waals surface area (Å²) in [7, 11) is 0. The lowest BCUT2D eigenvalue weighted by molar-refractivity contribution is -0.00513. The molecule has 2 saturated heterocycles. The Kier molecular flexibility index (Phi) is 3.07. The molecule has 2 heterocycles. The van der Waals surface area contributed by atoms with Crippen molar-refractivity contribution < 1.29 is 15.3 Å². The highest BCUT2D eigenvalue weighted by molar-refractivity contribution is 4.95. The molecule has 82 valence electrons. The second-order valence-electron chi connectivity index (χ2n) is 4.54. The normalized spacial score (nSPS) is 40.1. The fourth-order valence-electron chi connectivity index (χ4n) is 2.84. The van der Waals surface area contributed by atoms with E-state index in [2.05, 4.69) is 4.90 Å². The molecule has 3 atom stereocenters. The van der Waals surface area contributed by atoms with Crippen molar-refractivity contribution in [3.8, 4) is 0 Å². The van der Waals surface area contributed by atoms with Crippen molar-refractivity contribution in [1.82, 2.24) is 4.90 Å². The minimum atomic E-state index is -0.631. The molecule has 2 aliphatic rings. The number of rotatable bonds is 3. The van der Waals surface area contributed by atoms with Crippen molar-refractivity contribution in [3.63, 3.8) is 0 Å². The molecule has 2 bridgehead atoms. The van der Waals surface area contributed by atoms with Crippen LogP contribution in [0, 0.1) is 0 Å². The minimum Gasteiger partial charge on any atom is -0.394 e. The zero-order valence-corrected chi connectivity index (χ0v) is 8.34. The standard InChI is InChI=1S/C10H19NO3/c12-6-10(14)5-11-7-1-2-8(11)4-9(13)3-7/h7-10,12-14H,1-6H2. The van der Waals surface area contributed by atoms with E-state index in [-0.39, 0.29) is 12.7 Å². The van der Waals surface area contributed by atoms with Gasteiger partial charge < -0.3 is 15.3 Å². The van der Waals surface area contributed by atoms with Gasteiger partial charge in [-0.15, -0.1) is 0 Å². The maximum atomic E-state index is 9.56. The molecule has 3 N–H and O–H groups in total. The molecule has 2 rings (SSSR count). The molecule has 14 heavy (non-hydrogen) atoms. The second kappa shape index (κ2) is 4.14. The van der Waals surface area contributed by atoms with E-state index in [0.717, 1.165) is 25.7 Å². The first-order chi connectivity index (χ1) is 6.70. The molecule has 0 radical (unpaired) electrons. The SMILES string of the molecule is OCC(O)CN1C2CCC1CC(O)C2. The molecule has 0 amide bonds. The molecule has 0 saturated carbocycles. The minimum absolute atomic E-state index is 0.157. The van der Waals surface area contributed by atoms with Crippen LogP contribution < -0.4 is 0 Å². The molecule has 2 aliphatic heterocycles. The Balaban J connectivity index is 1.94. The van der Waals surface area contributed by atoms with Crippen molar-refractivity contribution in [2.45, 2.75) is 50.0 Å². The third-order valence-electron chi connectivity index (χ3n) is 3.49. The van der Waals surface area contributed by atoms with Gasteiger partial charge >= 0.3 is 0 Å². The molecule has 0 aromatic heterocycles. The summed E-state index contributed by atoms with van der Waals surface area (Å²) >= 11 is 0. The lowest BCUT2D eigenvalue weighted by Crippen LogP contribution is -2.48. The summed E-state index contributed by atoms with van der Waals surface area (Å²) in [5.74, 6) is 0. The van der Waals surface area contributed by atoms with Crippen LogP contribution in [0.1, 0.15) is 25.7 Å². The van der Waals surface area contributed by atoms with Gasteiger partial charge in [0.2, 0.25) is 0 Å². The summed E-state index contributed by atoms with van der Waals surface area (Å²) in [5, 5.41) is 27.7. The van der Waals surface area contributed by atoms with Gasteiger partial charge in [-0.3, -0.25) is 4.90 Å². The van der Waals surface area contributed by atoms with Crippen molar-refractivity contribution in [1.29, 1.82) is 0 Å². The lowest BCUT2D eigenvalue weighted by atomic mass is 9.99. The smallest absolute Gasteiger partial charge is 0.0897 e. The molecule has 2 fully saturated rings. The Hall–Kier alpha value is -0.160. The molecule has 0 aliphatic carbocycles. The summed E-state index contributed by atoms with van der Waals surface area (Å²) in [4.78, 5) is 2.26. The monoisotopic (exact) mass is 201 g/mol. The maximum absolute atomic E-state index is 9.56. The van der Waals surface area contributed by atoms with Crippen molar-refractivity contribution in [3.05, 3.63) is 0 Å². The van der Waals surface area contributed by atoms with Gasteiger partial charge in [0, 0.05) is 18.6 Å². The van der Waals surface area contributed by atoms with Crippen LogP contribution in [-0.4, -0.2) is 57.7 Å². The van der Waals surface area contributed by atoms with E-state index < -0.39 is 6.10 Å². The fourth-order valence-corrected chi connectivity index (χ4v) is 2.84. The van der Waals surface area contributed by atoms with Gasteiger partial charge in [-0.1, -0.05) is 0 Å². The van der Waals surface area contributed by atoms with Crippen LogP contribution in [-0.2, 0) is 0 Å². The molecule has 0 aromatic rings. The van der Waals surface area contributed by atoms with E-state index in [4.69, 9.17) is 5.11 Å². The predicted molar refractivity (Wildman–Crippen MR) is 51.8 cm³/mol. The first kappa shape index (κ1) is 10.4. The number of nitrogens with zero attached hydrogens (tertiary/aromatic N) is 1. The number of hydrogen-bond donors (Lipinski definition) is 3. The second-order valence-corrected chi connectivity index (χ2v) is 4.54. The van der Waals surface area contributed by atoms with Crippen LogP contribution in [0.15, 0.2) is 0 Å². The van der Waals surface area contributed by atoms with Crippen LogP contribution in [0.3, 0.4) is 0 Å². The summed E-state index contributed by atoms with van der Waals surface area (Å²) in [5.41, 5.74) is 0. The van der Waals surface area contributed by atoms with Gasteiger partial charge in [0.1, 0.15) is 0 Å². The van der Waals surface area contributed by atoms with E-state index in [9.17, 15) is 10.2 Å².